The van der Waals surface area contributed by atoms with Gasteiger partial charge in [0.1, 0.15) is 0 Å². The second-order valence-electron chi connectivity index (χ2n) is 6.27. The third-order valence-corrected chi connectivity index (χ3v) is 4.30. The Labute approximate surface area is 88.9 Å². The monoisotopic (exact) mass is 195 g/mol. The molecular formula is C13H25N. The fourth-order valence-corrected chi connectivity index (χ4v) is 3.18. The van der Waals surface area contributed by atoms with Crippen LogP contribution in [0.1, 0.15) is 52.9 Å². The Morgan fingerprint density at radius 2 is 1.79 bits per heavy atom. The van der Waals surface area contributed by atoms with Gasteiger partial charge in [-0.1, -0.05) is 27.2 Å². The molecule has 2 unspecified atom stereocenters. The molecule has 2 rings (SSSR count). The average Bonchev–Trinajstić information content (AvgIpc) is 2.16. The molecule has 82 valence electrons. The molecule has 0 aromatic carbocycles. The summed E-state index contributed by atoms with van der Waals surface area (Å²) in [6, 6.07) is 0.932. The van der Waals surface area contributed by atoms with Crippen LogP contribution in [0.25, 0.3) is 0 Å². The molecule has 2 aliphatic rings. The molecule has 2 saturated heterocycles. The van der Waals surface area contributed by atoms with Crippen molar-refractivity contribution in [3.63, 3.8) is 0 Å². The lowest BCUT2D eigenvalue weighted by Gasteiger charge is -2.46. The van der Waals surface area contributed by atoms with Crippen molar-refractivity contribution in [3.05, 3.63) is 0 Å². The van der Waals surface area contributed by atoms with E-state index in [2.05, 4.69) is 25.7 Å². The molecule has 2 heterocycles. The summed E-state index contributed by atoms with van der Waals surface area (Å²) in [6.07, 6.45) is 7.27. The van der Waals surface area contributed by atoms with E-state index in [-0.39, 0.29) is 0 Å². The Kier molecular flexibility index (Phi) is 2.88. The molecule has 2 fully saturated rings. The van der Waals surface area contributed by atoms with Gasteiger partial charge in [0.15, 0.2) is 0 Å². The van der Waals surface area contributed by atoms with Gasteiger partial charge in [-0.2, -0.15) is 0 Å². The van der Waals surface area contributed by atoms with Crippen LogP contribution in [0, 0.1) is 11.3 Å². The topological polar surface area (TPSA) is 3.24 Å². The molecule has 0 radical (unpaired) electrons. The number of hydrogen-bond donors (Lipinski definition) is 0. The van der Waals surface area contributed by atoms with Crippen molar-refractivity contribution < 1.29 is 0 Å². The first-order valence-corrected chi connectivity index (χ1v) is 6.31. The molecule has 0 saturated carbocycles. The van der Waals surface area contributed by atoms with Crippen LogP contribution in [0.5, 0.6) is 0 Å². The maximum Gasteiger partial charge on any atom is 0.00981 e. The van der Waals surface area contributed by atoms with Crippen LogP contribution in [0.3, 0.4) is 0 Å². The minimum atomic E-state index is 0.531. The summed E-state index contributed by atoms with van der Waals surface area (Å²) in [6.45, 7) is 9.98. The second-order valence-corrected chi connectivity index (χ2v) is 6.27. The number of hydrogen-bond acceptors (Lipinski definition) is 1. The van der Waals surface area contributed by atoms with Crippen LogP contribution in [0.15, 0.2) is 0 Å². The molecular weight excluding hydrogens is 170 g/mol. The summed E-state index contributed by atoms with van der Waals surface area (Å²) in [4.78, 5) is 2.74. The Morgan fingerprint density at radius 3 is 2.50 bits per heavy atom. The first kappa shape index (κ1) is 10.5. The number of piperidine rings is 2. The largest absolute Gasteiger partial charge is 0.300 e. The quantitative estimate of drug-likeness (QED) is 0.573. The molecule has 0 aromatic heterocycles. The minimum Gasteiger partial charge on any atom is -0.300 e. The van der Waals surface area contributed by atoms with Crippen molar-refractivity contribution in [3.8, 4) is 0 Å². The third-order valence-electron chi connectivity index (χ3n) is 4.30. The summed E-state index contributed by atoms with van der Waals surface area (Å²) >= 11 is 0. The van der Waals surface area contributed by atoms with Gasteiger partial charge >= 0.3 is 0 Å². The van der Waals surface area contributed by atoms with Crippen molar-refractivity contribution in [2.45, 2.75) is 58.9 Å². The van der Waals surface area contributed by atoms with E-state index in [4.69, 9.17) is 0 Å². The van der Waals surface area contributed by atoms with Crippen molar-refractivity contribution in [2.75, 3.05) is 13.1 Å². The van der Waals surface area contributed by atoms with E-state index in [0.29, 0.717) is 5.41 Å². The van der Waals surface area contributed by atoms with Crippen LogP contribution in [-0.2, 0) is 0 Å². The number of nitrogens with zero attached hydrogens (tertiary/aromatic N) is 1. The van der Waals surface area contributed by atoms with Crippen molar-refractivity contribution in [1.82, 2.24) is 4.90 Å². The van der Waals surface area contributed by atoms with Gasteiger partial charge in [0.2, 0.25) is 0 Å². The molecule has 0 aromatic rings. The number of rotatable bonds is 0. The molecule has 1 heteroatoms. The maximum atomic E-state index is 2.74. The Balaban J connectivity index is 1.96. The lowest BCUT2D eigenvalue weighted by molar-refractivity contribution is 0.0395. The standard InChI is InChI=1S/C13H25N/c1-13(2,3)11-7-9-14-8-5-4-6-12(14)10-11/h11-12H,4-10H2,1-3H3. The molecule has 14 heavy (non-hydrogen) atoms. The lowest BCUT2D eigenvalue weighted by Crippen LogP contribution is -2.47. The van der Waals surface area contributed by atoms with Crippen molar-refractivity contribution in [1.29, 1.82) is 0 Å². The second kappa shape index (κ2) is 3.84. The SMILES string of the molecule is CC(C)(C)C1CCN2CCCCC2C1. The molecule has 0 aliphatic carbocycles. The summed E-state index contributed by atoms with van der Waals surface area (Å²) in [5, 5.41) is 0. The van der Waals surface area contributed by atoms with Gasteiger partial charge in [0.05, 0.1) is 0 Å². The van der Waals surface area contributed by atoms with Crippen LogP contribution < -0.4 is 0 Å². The fraction of sp³-hybridized carbons (Fsp3) is 1.00. The molecule has 1 nitrogen and oxygen atoms in total. The highest BCUT2D eigenvalue weighted by Gasteiger charge is 2.35. The van der Waals surface area contributed by atoms with Crippen LogP contribution in [0.2, 0.25) is 0 Å². The molecule has 0 bridgehead atoms. The minimum absolute atomic E-state index is 0.531. The van der Waals surface area contributed by atoms with Gasteiger partial charge < -0.3 is 4.90 Å². The summed E-state index contributed by atoms with van der Waals surface area (Å²) < 4.78 is 0. The van der Waals surface area contributed by atoms with Crippen molar-refractivity contribution >= 4 is 0 Å². The molecule has 0 amide bonds. The van der Waals surface area contributed by atoms with Crippen LogP contribution >= 0.6 is 0 Å². The first-order chi connectivity index (χ1) is 6.57. The zero-order valence-electron chi connectivity index (χ0n) is 10.1. The highest BCUT2D eigenvalue weighted by molar-refractivity contribution is 4.88. The third kappa shape index (κ3) is 2.13. The van der Waals surface area contributed by atoms with Gasteiger partial charge in [0, 0.05) is 6.04 Å². The highest BCUT2D eigenvalue weighted by atomic mass is 15.2. The van der Waals surface area contributed by atoms with Gasteiger partial charge in [-0.25, -0.2) is 0 Å². The zero-order chi connectivity index (χ0) is 10.2. The van der Waals surface area contributed by atoms with E-state index in [1.165, 1.54) is 45.2 Å². The maximum absolute atomic E-state index is 2.74. The smallest absolute Gasteiger partial charge is 0.00981 e. The average molecular weight is 195 g/mol. The summed E-state index contributed by atoms with van der Waals surface area (Å²) in [5.74, 6) is 0.960. The summed E-state index contributed by atoms with van der Waals surface area (Å²) in [7, 11) is 0. The molecule has 2 aliphatic heterocycles. The van der Waals surface area contributed by atoms with E-state index in [1.54, 1.807) is 0 Å². The lowest BCUT2D eigenvalue weighted by atomic mass is 9.72. The molecule has 0 spiro atoms. The van der Waals surface area contributed by atoms with Gasteiger partial charge in [0.25, 0.3) is 0 Å². The highest BCUT2D eigenvalue weighted by Crippen LogP contribution is 2.39. The predicted octanol–water partition coefficient (Wildman–Crippen LogP) is 3.30. The summed E-state index contributed by atoms with van der Waals surface area (Å²) in [5.41, 5.74) is 0.531. The molecule has 0 N–H and O–H groups in total. The van der Waals surface area contributed by atoms with Gasteiger partial charge in [-0.3, -0.25) is 0 Å². The van der Waals surface area contributed by atoms with E-state index in [0.717, 1.165) is 12.0 Å². The van der Waals surface area contributed by atoms with Crippen LogP contribution in [0.4, 0.5) is 0 Å². The van der Waals surface area contributed by atoms with Crippen LogP contribution in [-0.4, -0.2) is 24.0 Å². The van der Waals surface area contributed by atoms with Gasteiger partial charge in [-0.15, -0.1) is 0 Å². The zero-order valence-corrected chi connectivity index (χ0v) is 10.1. The van der Waals surface area contributed by atoms with E-state index in [9.17, 15) is 0 Å². The van der Waals surface area contributed by atoms with E-state index < -0.39 is 0 Å². The first-order valence-electron chi connectivity index (χ1n) is 6.31. The normalized spacial score (nSPS) is 35.4. The van der Waals surface area contributed by atoms with Crippen molar-refractivity contribution in [2.24, 2.45) is 11.3 Å². The van der Waals surface area contributed by atoms with Gasteiger partial charge in [-0.05, 0) is 50.1 Å². The van der Waals surface area contributed by atoms with E-state index in [1.807, 2.05) is 0 Å². The Bertz CT molecular complexity index is 192. The predicted molar refractivity (Wildman–Crippen MR) is 61.4 cm³/mol. The fourth-order valence-electron chi connectivity index (χ4n) is 3.18. The Hall–Kier alpha value is -0.0400. The molecule has 2 atom stereocenters. The number of fused-ring (bicyclic) bond motifs is 1. The Morgan fingerprint density at radius 1 is 1.00 bits per heavy atom. The van der Waals surface area contributed by atoms with E-state index >= 15 is 0 Å².